The van der Waals surface area contributed by atoms with E-state index in [1.54, 1.807) is 0 Å². The molecule has 0 bridgehead atoms. The Morgan fingerprint density at radius 3 is 2.82 bits per heavy atom. The normalized spacial score (nSPS) is 35.8. The van der Waals surface area contributed by atoms with Crippen LogP contribution in [0.25, 0.3) is 0 Å². The third-order valence-electron chi connectivity index (χ3n) is 3.78. The Kier molecular flexibility index (Phi) is 3.22. The lowest BCUT2D eigenvalue weighted by molar-refractivity contribution is -0.143. The monoisotopic (exact) mass is 238 g/mol. The molecule has 1 aliphatic heterocycles. The number of esters is 1. The Morgan fingerprint density at radius 2 is 2.24 bits per heavy atom. The van der Waals surface area contributed by atoms with Gasteiger partial charge in [-0.1, -0.05) is 26.0 Å². The summed E-state index contributed by atoms with van der Waals surface area (Å²) in [6, 6.07) is 0. The number of hydrogen-bond donors (Lipinski definition) is 1. The Labute approximate surface area is 101 Å². The van der Waals surface area contributed by atoms with Crippen molar-refractivity contribution in [3.63, 3.8) is 0 Å². The van der Waals surface area contributed by atoms with Gasteiger partial charge < -0.3 is 9.84 Å². The highest BCUT2D eigenvalue weighted by atomic mass is 16.6. The van der Waals surface area contributed by atoms with Crippen LogP contribution >= 0.6 is 0 Å². The number of aliphatic carboxylic acids is 1. The summed E-state index contributed by atoms with van der Waals surface area (Å²) in [5.41, 5.74) is 0. The zero-order valence-electron chi connectivity index (χ0n) is 10.1. The highest BCUT2D eigenvalue weighted by Crippen LogP contribution is 2.42. The maximum atomic E-state index is 11.4. The Bertz CT molecular complexity index is 358. The van der Waals surface area contributed by atoms with Crippen LogP contribution < -0.4 is 0 Å². The van der Waals surface area contributed by atoms with E-state index in [1.165, 1.54) is 0 Å². The second-order valence-corrected chi connectivity index (χ2v) is 5.29. The topological polar surface area (TPSA) is 63.6 Å². The second-order valence-electron chi connectivity index (χ2n) is 5.29. The van der Waals surface area contributed by atoms with Crippen LogP contribution in [-0.4, -0.2) is 23.1 Å². The van der Waals surface area contributed by atoms with Crippen molar-refractivity contribution < 1.29 is 19.4 Å². The highest BCUT2D eigenvalue weighted by Gasteiger charge is 2.46. The molecule has 1 saturated heterocycles. The second kappa shape index (κ2) is 4.51. The van der Waals surface area contributed by atoms with Gasteiger partial charge in [0.15, 0.2) is 0 Å². The molecule has 4 nitrogen and oxygen atoms in total. The summed E-state index contributed by atoms with van der Waals surface area (Å²) < 4.78 is 5.37. The predicted molar refractivity (Wildman–Crippen MR) is 61.2 cm³/mol. The fraction of sp³-hybridized carbons (Fsp3) is 0.692. The molecule has 4 heteroatoms. The van der Waals surface area contributed by atoms with Crippen LogP contribution in [0.2, 0.25) is 0 Å². The average Bonchev–Trinajstić information content (AvgIpc) is 2.58. The number of carbonyl (C=O) groups excluding carboxylic acids is 1. The Morgan fingerprint density at radius 1 is 1.53 bits per heavy atom. The van der Waals surface area contributed by atoms with Gasteiger partial charge in [-0.15, -0.1) is 0 Å². The van der Waals surface area contributed by atoms with Gasteiger partial charge >= 0.3 is 11.9 Å². The van der Waals surface area contributed by atoms with Crippen LogP contribution in [0.3, 0.4) is 0 Å². The molecule has 1 N–H and O–H groups in total. The van der Waals surface area contributed by atoms with Crippen LogP contribution in [0.1, 0.15) is 26.7 Å². The largest absolute Gasteiger partial charge is 0.481 e. The fourth-order valence-corrected chi connectivity index (χ4v) is 2.90. The number of fused-ring (bicyclic) bond motifs is 1. The number of hydrogen-bond acceptors (Lipinski definition) is 3. The molecular weight excluding hydrogens is 220 g/mol. The van der Waals surface area contributed by atoms with Gasteiger partial charge in [-0.25, -0.2) is 0 Å². The first-order valence-corrected chi connectivity index (χ1v) is 6.08. The number of ether oxygens (including phenoxy) is 1. The van der Waals surface area contributed by atoms with Crippen LogP contribution in [0, 0.1) is 23.7 Å². The van der Waals surface area contributed by atoms with E-state index in [0.717, 1.165) is 0 Å². The van der Waals surface area contributed by atoms with E-state index in [-0.39, 0.29) is 36.2 Å². The van der Waals surface area contributed by atoms with Gasteiger partial charge in [0, 0.05) is 11.8 Å². The van der Waals surface area contributed by atoms with Crippen molar-refractivity contribution in [2.75, 3.05) is 0 Å². The number of rotatable bonds is 3. The molecule has 0 amide bonds. The van der Waals surface area contributed by atoms with E-state index in [4.69, 9.17) is 9.84 Å². The van der Waals surface area contributed by atoms with Crippen molar-refractivity contribution in [2.24, 2.45) is 23.7 Å². The molecule has 0 unspecified atom stereocenters. The van der Waals surface area contributed by atoms with Gasteiger partial charge in [-0.2, -0.15) is 0 Å². The molecule has 1 aliphatic carbocycles. The third kappa shape index (κ3) is 2.35. The van der Waals surface area contributed by atoms with Gasteiger partial charge in [0.2, 0.25) is 0 Å². The van der Waals surface area contributed by atoms with Crippen molar-refractivity contribution in [1.29, 1.82) is 0 Å². The zero-order valence-corrected chi connectivity index (χ0v) is 10.1. The first kappa shape index (κ1) is 12.1. The van der Waals surface area contributed by atoms with E-state index in [2.05, 4.69) is 13.8 Å². The molecule has 1 heterocycles. The highest BCUT2D eigenvalue weighted by molar-refractivity contribution is 5.73. The molecule has 0 aromatic heterocycles. The summed E-state index contributed by atoms with van der Waals surface area (Å²) in [5.74, 6) is -0.424. The molecule has 0 aromatic carbocycles. The summed E-state index contributed by atoms with van der Waals surface area (Å²) in [5, 5.41) is 8.87. The van der Waals surface area contributed by atoms with E-state index in [1.807, 2.05) is 12.2 Å². The molecule has 2 aliphatic rings. The Balaban J connectivity index is 2.20. The summed E-state index contributed by atoms with van der Waals surface area (Å²) in [6.45, 7) is 4.19. The van der Waals surface area contributed by atoms with E-state index in [0.29, 0.717) is 12.3 Å². The van der Waals surface area contributed by atoms with Crippen LogP contribution in [0.4, 0.5) is 0 Å². The number of carbonyl (C=O) groups is 2. The molecule has 94 valence electrons. The van der Waals surface area contributed by atoms with Crippen molar-refractivity contribution in [2.45, 2.75) is 32.8 Å². The molecule has 0 aromatic rings. The van der Waals surface area contributed by atoms with Gasteiger partial charge in [-0.05, 0) is 11.8 Å². The molecule has 2 rings (SSSR count). The Hall–Kier alpha value is -1.32. The van der Waals surface area contributed by atoms with Crippen molar-refractivity contribution >= 4 is 11.9 Å². The van der Waals surface area contributed by atoms with Crippen LogP contribution in [0.15, 0.2) is 12.2 Å². The SMILES string of the molecule is CC(C)[C@H]1C=C[C@H](CC(=O)O)[C@@H]2CC(=O)O[C@@H]21. The average molecular weight is 238 g/mol. The number of carboxylic acids is 1. The summed E-state index contributed by atoms with van der Waals surface area (Å²) in [4.78, 5) is 22.2. The van der Waals surface area contributed by atoms with Gasteiger partial charge in [0.05, 0.1) is 12.8 Å². The maximum absolute atomic E-state index is 11.4. The van der Waals surface area contributed by atoms with Crippen LogP contribution in [0.5, 0.6) is 0 Å². The predicted octanol–water partition coefficient (Wildman–Crippen LogP) is 1.85. The van der Waals surface area contributed by atoms with Crippen molar-refractivity contribution in [3.8, 4) is 0 Å². The van der Waals surface area contributed by atoms with E-state index < -0.39 is 5.97 Å². The van der Waals surface area contributed by atoms with Gasteiger partial charge in [-0.3, -0.25) is 9.59 Å². The molecule has 0 spiro atoms. The van der Waals surface area contributed by atoms with Gasteiger partial charge in [0.1, 0.15) is 6.10 Å². The smallest absolute Gasteiger partial charge is 0.306 e. The zero-order chi connectivity index (χ0) is 12.6. The van der Waals surface area contributed by atoms with E-state index in [9.17, 15) is 9.59 Å². The quantitative estimate of drug-likeness (QED) is 0.602. The molecule has 0 radical (unpaired) electrons. The minimum absolute atomic E-state index is 0.0380. The van der Waals surface area contributed by atoms with Crippen molar-refractivity contribution in [1.82, 2.24) is 0 Å². The molecule has 0 saturated carbocycles. The summed E-state index contributed by atoms with van der Waals surface area (Å²) >= 11 is 0. The lowest BCUT2D eigenvalue weighted by Gasteiger charge is -2.34. The lowest BCUT2D eigenvalue weighted by atomic mass is 9.72. The van der Waals surface area contributed by atoms with Crippen molar-refractivity contribution in [3.05, 3.63) is 12.2 Å². The standard InChI is InChI=1S/C13H18O4/c1-7(2)9-4-3-8(5-11(14)15)10-6-12(16)17-13(9)10/h3-4,7-10,13H,5-6H2,1-2H3,(H,14,15)/t8-,9-,10+,13-/m1/s1. The molecule has 4 atom stereocenters. The number of allylic oxidation sites excluding steroid dienone is 1. The summed E-state index contributed by atoms with van der Waals surface area (Å²) in [6.07, 6.45) is 4.30. The minimum atomic E-state index is -0.819. The van der Waals surface area contributed by atoms with E-state index >= 15 is 0 Å². The fourth-order valence-electron chi connectivity index (χ4n) is 2.90. The van der Waals surface area contributed by atoms with Crippen LogP contribution in [-0.2, 0) is 14.3 Å². The minimum Gasteiger partial charge on any atom is -0.481 e. The third-order valence-corrected chi connectivity index (χ3v) is 3.78. The molecule has 17 heavy (non-hydrogen) atoms. The first-order valence-electron chi connectivity index (χ1n) is 6.08. The maximum Gasteiger partial charge on any atom is 0.306 e. The first-order chi connectivity index (χ1) is 7.99. The van der Waals surface area contributed by atoms with Gasteiger partial charge in [0.25, 0.3) is 0 Å². The lowest BCUT2D eigenvalue weighted by Crippen LogP contribution is -2.36. The molecule has 1 fully saturated rings. The summed E-state index contributed by atoms with van der Waals surface area (Å²) in [7, 11) is 0. The number of carboxylic acid groups (broad SMARTS) is 1. The molecular formula is C13H18O4.